The molecule has 1 saturated heterocycles. The Balaban J connectivity index is 1.87. The van der Waals surface area contributed by atoms with Gasteiger partial charge in [-0.2, -0.15) is 0 Å². The fourth-order valence-electron chi connectivity index (χ4n) is 2.42. The fourth-order valence-corrected chi connectivity index (χ4v) is 2.42. The van der Waals surface area contributed by atoms with Crippen LogP contribution in [0.2, 0.25) is 0 Å². The van der Waals surface area contributed by atoms with E-state index < -0.39 is 0 Å². The maximum atomic E-state index is 12.2. The van der Waals surface area contributed by atoms with Crippen LogP contribution in [0.1, 0.15) is 26.3 Å². The molecule has 0 saturated carbocycles. The maximum Gasteiger partial charge on any atom is 0.321 e. The third-order valence-corrected chi connectivity index (χ3v) is 3.82. The largest absolute Gasteiger partial charge is 0.322 e. The molecule has 0 radical (unpaired) electrons. The third kappa shape index (κ3) is 3.73. The van der Waals surface area contributed by atoms with Gasteiger partial charge in [-0.25, -0.2) is 4.79 Å². The van der Waals surface area contributed by atoms with E-state index in [1.807, 2.05) is 36.1 Å². The van der Waals surface area contributed by atoms with Gasteiger partial charge in [-0.1, -0.05) is 17.7 Å². The van der Waals surface area contributed by atoms with Gasteiger partial charge in [-0.05, 0) is 39.8 Å². The Hall–Kier alpha value is -1.55. The van der Waals surface area contributed by atoms with E-state index in [4.69, 9.17) is 0 Å². The van der Waals surface area contributed by atoms with Crippen molar-refractivity contribution < 1.29 is 4.79 Å². The molecule has 110 valence electrons. The second kappa shape index (κ2) is 5.83. The van der Waals surface area contributed by atoms with Crippen molar-refractivity contribution in [1.82, 2.24) is 9.80 Å². The normalized spacial score (nSPS) is 17.1. The molecular weight excluding hydrogens is 250 g/mol. The molecule has 0 atom stereocenters. The monoisotopic (exact) mass is 275 g/mol. The number of carbonyl (C=O) groups excluding carboxylic acids is 1. The first kappa shape index (κ1) is 14.9. The molecule has 1 N–H and O–H groups in total. The number of hydrogen-bond donors (Lipinski definition) is 1. The van der Waals surface area contributed by atoms with Gasteiger partial charge < -0.3 is 10.2 Å². The predicted octanol–water partition coefficient (Wildman–Crippen LogP) is 2.94. The number of rotatable bonds is 1. The van der Waals surface area contributed by atoms with Crippen molar-refractivity contribution in [3.05, 3.63) is 29.8 Å². The van der Waals surface area contributed by atoms with Gasteiger partial charge in [0.15, 0.2) is 0 Å². The molecule has 1 aliphatic heterocycles. The summed E-state index contributed by atoms with van der Waals surface area (Å²) in [7, 11) is 0. The van der Waals surface area contributed by atoms with Crippen molar-refractivity contribution in [1.29, 1.82) is 0 Å². The lowest BCUT2D eigenvalue weighted by atomic mass is 10.1. The van der Waals surface area contributed by atoms with E-state index in [0.717, 1.165) is 31.9 Å². The molecule has 2 rings (SSSR count). The second-order valence-corrected chi connectivity index (χ2v) is 6.44. The van der Waals surface area contributed by atoms with E-state index in [1.165, 1.54) is 5.56 Å². The standard InChI is InChI=1S/C16H25N3O/c1-13-5-7-14(8-6-13)17-15(20)18-9-11-19(12-10-18)16(2,3)4/h5-8H,9-12H2,1-4H3,(H,17,20). The highest BCUT2D eigenvalue weighted by Gasteiger charge is 2.27. The number of amides is 2. The van der Waals surface area contributed by atoms with Gasteiger partial charge >= 0.3 is 6.03 Å². The van der Waals surface area contributed by atoms with Gasteiger partial charge in [0.05, 0.1) is 0 Å². The molecule has 1 heterocycles. The van der Waals surface area contributed by atoms with E-state index in [-0.39, 0.29) is 11.6 Å². The van der Waals surface area contributed by atoms with Crippen LogP contribution in [0.5, 0.6) is 0 Å². The molecule has 4 nitrogen and oxygen atoms in total. The van der Waals surface area contributed by atoms with Crippen LogP contribution in [0.3, 0.4) is 0 Å². The van der Waals surface area contributed by atoms with Crippen molar-refractivity contribution in [3.63, 3.8) is 0 Å². The Morgan fingerprint density at radius 3 is 2.10 bits per heavy atom. The lowest BCUT2D eigenvalue weighted by Gasteiger charge is -2.42. The van der Waals surface area contributed by atoms with Crippen LogP contribution in [-0.4, -0.2) is 47.5 Å². The average Bonchev–Trinajstić information content (AvgIpc) is 2.40. The van der Waals surface area contributed by atoms with Crippen LogP contribution in [0.25, 0.3) is 0 Å². The minimum absolute atomic E-state index is 0.00223. The second-order valence-electron chi connectivity index (χ2n) is 6.44. The summed E-state index contributed by atoms with van der Waals surface area (Å²) in [5, 5.41) is 2.96. The summed E-state index contributed by atoms with van der Waals surface area (Å²) < 4.78 is 0. The van der Waals surface area contributed by atoms with Gasteiger partial charge in [0.1, 0.15) is 0 Å². The number of nitrogens with zero attached hydrogens (tertiary/aromatic N) is 2. The zero-order valence-corrected chi connectivity index (χ0v) is 12.9. The summed E-state index contributed by atoms with van der Waals surface area (Å²) in [4.78, 5) is 16.5. The third-order valence-electron chi connectivity index (χ3n) is 3.82. The lowest BCUT2D eigenvalue weighted by molar-refractivity contribution is 0.0774. The van der Waals surface area contributed by atoms with Gasteiger partial charge in [0, 0.05) is 37.4 Å². The Bertz CT molecular complexity index is 454. The highest BCUT2D eigenvalue weighted by molar-refractivity contribution is 5.89. The molecule has 1 fully saturated rings. The van der Waals surface area contributed by atoms with Gasteiger partial charge in [0.25, 0.3) is 0 Å². The molecule has 1 aliphatic rings. The Morgan fingerprint density at radius 2 is 1.60 bits per heavy atom. The van der Waals surface area contributed by atoms with Crippen LogP contribution in [0.15, 0.2) is 24.3 Å². The molecule has 1 aromatic carbocycles. The highest BCUT2D eigenvalue weighted by Crippen LogP contribution is 2.16. The smallest absolute Gasteiger partial charge is 0.321 e. The summed E-state index contributed by atoms with van der Waals surface area (Å²) in [6.45, 7) is 12.1. The van der Waals surface area contributed by atoms with E-state index in [9.17, 15) is 4.79 Å². The van der Waals surface area contributed by atoms with Crippen molar-refractivity contribution in [3.8, 4) is 0 Å². The van der Waals surface area contributed by atoms with Crippen molar-refractivity contribution in [2.24, 2.45) is 0 Å². The molecule has 4 heteroatoms. The first-order valence-corrected chi connectivity index (χ1v) is 7.24. The van der Waals surface area contributed by atoms with Crippen LogP contribution in [-0.2, 0) is 0 Å². The number of nitrogens with one attached hydrogen (secondary N) is 1. The lowest BCUT2D eigenvalue weighted by Crippen LogP contribution is -2.55. The number of anilines is 1. The summed E-state index contributed by atoms with van der Waals surface area (Å²) >= 11 is 0. The maximum absolute atomic E-state index is 12.2. The number of urea groups is 1. The zero-order chi connectivity index (χ0) is 14.8. The quantitative estimate of drug-likeness (QED) is 0.855. The van der Waals surface area contributed by atoms with Crippen LogP contribution < -0.4 is 5.32 Å². The first-order chi connectivity index (χ1) is 9.36. The summed E-state index contributed by atoms with van der Waals surface area (Å²) in [6.07, 6.45) is 0. The summed E-state index contributed by atoms with van der Waals surface area (Å²) in [5.41, 5.74) is 2.24. The van der Waals surface area contributed by atoms with E-state index >= 15 is 0 Å². The van der Waals surface area contributed by atoms with E-state index in [1.54, 1.807) is 0 Å². The molecule has 0 aromatic heterocycles. The zero-order valence-electron chi connectivity index (χ0n) is 12.9. The predicted molar refractivity (Wildman–Crippen MR) is 83.1 cm³/mol. The molecule has 0 aliphatic carbocycles. The molecule has 1 aromatic rings. The van der Waals surface area contributed by atoms with Gasteiger partial charge in [0.2, 0.25) is 0 Å². The fraction of sp³-hybridized carbons (Fsp3) is 0.562. The Labute approximate surface area is 121 Å². The molecule has 0 spiro atoms. The SMILES string of the molecule is Cc1ccc(NC(=O)N2CCN(C(C)(C)C)CC2)cc1. The minimum atomic E-state index is 0.00223. The van der Waals surface area contributed by atoms with Crippen LogP contribution in [0, 0.1) is 6.92 Å². The molecule has 0 unspecified atom stereocenters. The molecular formula is C16H25N3O. The molecule has 0 bridgehead atoms. The Morgan fingerprint density at radius 1 is 1.05 bits per heavy atom. The average molecular weight is 275 g/mol. The number of benzene rings is 1. The van der Waals surface area contributed by atoms with E-state index in [0.29, 0.717) is 0 Å². The van der Waals surface area contributed by atoms with E-state index in [2.05, 4.69) is 31.0 Å². The van der Waals surface area contributed by atoms with Crippen LogP contribution in [0.4, 0.5) is 10.5 Å². The number of piperazine rings is 1. The number of carbonyl (C=O) groups is 1. The minimum Gasteiger partial charge on any atom is -0.322 e. The summed E-state index contributed by atoms with van der Waals surface area (Å²) in [5.74, 6) is 0. The van der Waals surface area contributed by atoms with Crippen molar-refractivity contribution in [2.75, 3.05) is 31.5 Å². The molecule has 2 amide bonds. The number of hydrogen-bond acceptors (Lipinski definition) is 2. The Kier molecular flexibility index (Phi) is 4.33. The van der Waals surface area contributed by atoms with Gasteiger partial charge in [-0.3, -0.25) is 4.90 Å². The number of aryl methyl sites for hydroxylation is 1. The topological polar surface area (TPSA) is 35.6 Å². The van der Waals surface area contributed by atoms with Crippen molar-refractivity contribution >= 4 is 11.7 Å². The van der Waals surface area contributed by atoms with Crippen molar-refractivity contribution in [2.45, 2.75) is 33.2 Å². The summed E-state index contributed by atoms with van der Waals surface area (Å²) in [6, 6.07) is 7.90. The van der Waals surface area contributed by atoms with Crippen LogP contribution >= 0.6 is 0 Å². The highest BCUT2D eigenvalue weighted by atomic mass is 16.2. The molecule has 20 heavy (non-hydrogen) atoms. The van der Waals surface area contributed by atoms with Gasteiger partial charge in [-0.15, -0.1) is 0 Å². The first-order valence-electron chi connectivity index (χ1n) is 7.24.